The summed E-state index contributed by atoms with van der Waals surface area (Å²) in [6.45, 7) is 5.56. The minimum absolute atomic E-state index is 0.959. The van der Waals surface area contributed by atoms with E-state index in [0.717, 1.165) is 24.7 Å². The lowest BCUT2D eigenvalue weighted by Gasteiger charge is -2.15. The van der Waals surface area contributed by atoms with E-state index in [-0.39, 0.29) is 0 Å². The molecule has 0 aromatic rings. The van der Waals surface area contributed by atoms with Crippen LogP contribution in [0.3, 0.4) is 0 Å². The smallest absolute Gasteiger partial charge is 0.169 e. The summed E-state index contributed by atoms with van der Waals surface area (Å²) in [7, 11) is 0. The van der Waals surface area contributed by atoms with Crippen molar-refractivity contribution in [1.29, 1.82) is 0 Å². The third-order valence-corrected chi connectivity index (χ3v) is 3.38. The standard InChI is InChI=1S/C12H24N2S/c1-2-3-4-5-6-7-8-10-14-11-9-13-12(14)15/h2-11H2,1H3,(H,13,15). The molecule has 0 unspecified atom stereocenters. The Labute approximate surface area is 99.4 Å². The molecule has 2 nitrogen and oxygen atoms in total. The molecule has 1 fully saturated rings. The third kappa shape index (κ3) is 5.36. The minimum atomic E-state index is 0.959. The highest BCUT2D eigenvalue weighted by molar-refractivity contribution is 7.80. The zero-order valence-electron chi connectivity index (χ0n) is 9.93. The molecule has 1 saturated heterocycles. The molecule has 3 heteroatoms. The van der Waals surface area contributed by atoms with Crippen LogP contribution in [-0.2, 0) is 0 Å². The van der Waals surface area contributed by atoms with Gasteiger partial charge in [0.25, 0.3) is 0 Å². The summed E-state index contributed by atoms with van der Waals surface area (Å²) in [5.74, 6) is 0. The molecule has 0 spiro atoms. The fourth-order valence-corrected chi connectivity index (χ4v) is 2.27. The zero-order chi connectivity index (χ0) is 10.9. The highest BCUT2D eigenvalue weighted by Gasteiger charge is 2.14. The number of nitrogens with zero attached hydrogens (tertiary/aromatic N) is 1. The Bertz CT molecular complexity index is 182. The molecule has 0 aromatic carbocycles. The van der Waals surface area contributed by atoms with Crippen molar-refractivity contribution in [3.63, 3.8) is 0 Å². The van der Waals surface area contributed by atoms with Crippen LogP contribution in [0.4, 0.5) is 0 Å². The van der Waals surface area contributed by atoms with Crippen LogP contribution in [0.15, 0.2) is 0 Å². The van der Waals surface area contributed by atoms with Gasteiger partial charge < -0.3 is 10.2 Å². The second-order valence-electron chi connectivity index (χ2n) is 4.34. The fourth-order valence-electron chi connectivity index (χ4n) is 1.98. The monoisotopic (exact) mass is 228 g/mol. The third-order valence-electron chi connectivity index (χ3n) is 2.98. The molecule has 1 N–H and O–H groups in total. The van der Waals surface area contributed by atoms with Gasteiger partial charge in [-0.1, -0.05) is 45.4 Å². The maximum absolute atomic E-state index is 5.19. The lowest BCUT2D eigenvalue weighted by atomic mass is 10.1. The van der Waals surface area contributed by atoms with Crippen LogP contribution >= 0.6 is 12.2 Å². The topological polar surface area (TPSA) is 15.3 Å². The molecule has 1 aliphatic heterocycles. The van der Waals surface area contributed by atoms with Crippen LogP contribution in [0.5, 0.6) is 0 Å². The van der Waals surface area contributed by atoms with Gasteiger partial charge in [0, 0.05) is 19.6 Å². The van der Waals surface area contributed by atoms with E-state index in [2.05, 4.69) is 17.1 Å². The van der Waals surface area contributed by atoms with Gasteiger partial charge in [0.05, 0.1) is 0 Å². The molecule has 0 atom stereocenters. The van der Waals surface area contributed by atoms with E-state index in [1.54, 1.807) is 0 Å². The predicted molar refractivity (Wildman–Crippen MR) is 70.2 cm³/mol. The first-order chi connectivity index (χ1) is 7.34. The first-order valence-electron chi connectivity index (χ1n) is 6.37. The molecule has 1 heterocycles. The first-order valence-corrected chi connectivity index (χ1v) is 6.78. The molecule has 0 aromatic heterocycles. The van der Waals surface area contributed by atoms with Crippen molar-refractivity contribution in [3.8, 4) is 0 Å². The van der Waals surface area contributed by atoms with E-state index in [9.17, 15) is 0 Å². The maximum Gasteiger partial charge on any atom is 0.169 e. The van der Waals surface area contributed by atoms with Crippen molar-refractivity contribution in [3.05, 3.63) is 0 Å². The van der Waals surface area contributed by atoms with Crippen LogP contribution < -0.4 is 5.32 Å². The van der Waals surface area contributed by atoms with Gasteiger partial charge >= 0.3 is 0 Å². The lowest BCUT2D eigenvalue weighted by Crippen LogP contribution is -2.28. The second-order valence-corrected chi connectivity index (χ2v) is 4.73. The number of unbranched alkanes of at least 4 members (excludes halogenated alkanes) is 6. The number of hydrogen-bond donors (Lipinski definition) is 1. The Kier molecular flexibility index (Phi) is 6.73. The van der Waals surface area contributed by atoms with Crippen molar-refractivity contribution in [2.24, 2.45) is 0 Å². The molecular weight excluding hydrogens is 204 g/mol. The molecule has 1 rings (SSSR count). The van der Waals surface area contributed by atoms with Gasteiger partial charge in [0.2, 0.25) is 0 Å². The molecule has 0 aliphatic carbocycles. The number of hydrogen-bond acceptors (Lipinski definition) is 1. The van der Waals surface area contributed by atoms with Crippen molar-refractivity contribution in [2.75, 3.05) is 19.6 Å². The van der Waals surface area contributed by atoms with Gasteiger partial charge in [-0.05, 0) is 18.6 Å². The van der Waals surface area contributed by atoms with Crippen LogP contribution in [0.1, 0.15) is 51.9 Å². The van der Waals surface area contributed by atoms with E-state index < -0.39 is 0 Å². The second kappa shape index (κ2) is 7.91. The number of rotatable bonds is 8. The predicted octanol–water partition coefficient (Wildman–Crippen LogP) is 2.93. The van der Waals surface area contributed by atoms with Gasteiger partial charge in [0.15, 0.2) is 5.11 Å². The van der Waals surface area contributed by atoms with Gasteiger partial charge in [-0.3, -0.25) is 0 Å². The van der Waals surface area contributed by atoms with E-state index >= 15 is 0 Å². The summed E-state index contributed by atoms with van der Waals surface area (Å²) in [4.78, 5) is 2.29. The van der Waals surface area contributed by atoms with Gasteiger partial charge in [-0.25, -0.2) is 0 Å². The highest BCUT2D eigenvalue weighted by Crippen LogP contribution is 2.08. The maximum atomic E-state index is 5.19. The SMILES string of the molecule is CCCCCCCCCN1CCNC1=S. The van der Waals surface area contributed by atoms with Crippen LogP contribution in [-0.4, -0.2) is 29.6 Å². The van der Waals surface area contributed by atoms with Gasteiger partial charge in [-0.2, -0.15) is 0 Å². The number of nitrogens with one attached hydrogen (secondary N) is 1. The average Bonchev–Trinajstić information content (AvgIpc) is 2.63. The van der Waals surface area contributed by atoms with Gasteiger partial charge in [0.1, 0.15) is 0 Å². The van der Waals surface area contributed by atoms with Crippen molar-refractivity contribution < 1.29 is 0 Å². The highest BCUT2D eigenvalue weighted by atomic mass is 32.1. The summed E-state index contributed by atoms with van der Waals surface area (Å²) in [6, 6.07) is 0. The molecular formula is C12H24N2S. The summed E-state index contributed by atoms with van der Waals surface area (Å²) in [5, 5.41) is 4.16. The summed E-state index contributed by atoms with van der Waals surface area (Å²) >= 11 is 5.19. The minimum Gasteiger partial charge on any atom is -0.361 e. The van der Waals surface area contributed by atoms with E-state index in [1.807, 2.05) is 0 Å². The molecule has 0 bridgehead atoms. The average molecular weight is 228 g/mol. The zero-order valence-corrected chi connectivity index (χ0v) is 10.7. The first kappa shape index (κ1) is 12.8. The Morgan fingerprint density at radius 3 is 2.40 bits per heavy atom. The molecule has 0 amide bonds. The molecule has 1 aliphatic rings. The van der Waals surface area contributed by atoms with Crippen molar-refractivity contribution in [1.82, 2.24) is 10.2 Å². The van der Waals surface area contributed by atoms with Crippen molar-refractivity contribution in [2.45, 2.75) is 51.9 Å². The van der Waals surface area contributed by atoms with Gasteiger partial charge in [-0.15, -0.1) is 0 Å². The largest absolute Gasteiger partial charge is 0.361 e. The Balaban J connectivity index is 1.86. The normalized spacial score (nSPS) is 15.8. The molecule has 15 heavy (non-hydrogen) atoms. The Morgan fingerprint density at radius 1 is 1.13 bits per heavy atom. The molecule has 0 radical (unpaired) electrons. The summed E-state index contributed by atoms with van der Waals surface area (Å²) in [6.07, 6.45) is 9.63. The van der Waals surface area contributed by atoms with Crippen molar-refractivity contribution >= 4 is 17.3 Å². The van der Waals surface area contributed by atoms with Crippen LogP contribution in [0.2, 0.25) is 0 Å². The Morgan fingerprint density at radius 2 is 1.80 bits per heavy atom. The molecule has 88 valence electrons. The number of thiocarbonyl (C=S) groups is 1. The van der Waals surface area contributed by atoms with E-state index in [0.29, 0.717) is 0 Å². The van der Waals surface area contributed by atoms with Crippen LogP contribution in [0, 0.1) is 0 Å². The quantitative estimate of drug-likeness (QED) is 0.508. The summed E-state index contributed by atoms with van der Waals surface area (Å²) in [5.41, 5.74) is 0. The lowest BCUT2D eigenvalue weighted by molar-refractivity contribution is 0.439. The Hall–Kier alpha value is -0.310. The fraction of sp³-hybridized carbons (Fsp3) is 0.917. The van der Waals surface area contributed by atoms with E-state index in [1.165, 1.54) is 44.9 Å². The van der Waals surface area contributed by atoms with E-state index in [4.69, 9.17) is 12.2 Å². The summed E-state index contributed by atoms with van der Waals surface area (Å²) < 4.78 is 0. The molecule has 0 saturated carbocycles. The van der Waals surface area contributed by atoms with Crippen LogP contribution in [0.25, 0.3) is 0 Å².